The van der Waals surface area contributed by atoms with Crippen molar-refractivity contribution in [3.8, 4) is 0 Å². The molecule has 0 unspecified atom stereocenters. The third-order valence-corrected chi connectivity index (χ3v) is 3.85. The van der Waals surface area contributed by atoms with E-state index in [9.17, 15) is 9.59 Å². The van der Waals surface area contributed by atoms with E-state index in [2.05, 4.69) is 4.74 Å². The minimum absolute atomic E-state index is 0.242. The Balaban J connectivity index is 2.08. The molecule has 0 aliphatic rings. The summed E-state index contributed by atoms with van der Waals surface area (Å²) in [6.07, 6.45) is 0. The Morgan fingerprint density at radius 1 is 1.33 bits per heavy atom. The number of benzene rings is 1. The lowest BCUT2D eigenvalue weighted by atomic mass is 10.2. The Labute approximate surface area is 125 Å². The van der Waals surface area contributed by atoms with Gasteiger partial charge in [-0.3, -0.25) is 0 Å². The number of carboxylic acids is 1. The van der Waals surface area contributed by atoms with E-state index in [1.807, 2.05) is 6.07 Å². The van der Waals surface area contributed by atoms with Crippen LogP contribution in [0, 0.1) is 6.92 Å². The van der Waals surface area contributed by atoms with Crippen LogP contribution in [-0.2, 0) is 10.5 Å². The van der Waals surface area contributed by atoms with Gasteiger partial charge in [-0.2, -0.15) is 0 Å². The summed E-state index contributed by atoms with van der Waals surface area (Å²) in [7, 11) is 1.32. The number of esters is 1. The number of carboxylic acid groups (broad SMARTS) is 1. The zero-order valence-corrected chi connectivity index (χ0v) is 12.4. The zero-order chi connectivity index (χ0) is 15.4. The van der Waals surface area contributed by atoms with E-state index >= 15 is 0 Å². The quantitative estimate of drug-likeness (QED) is 0.674. The van der Waals surface area contributed by atoms with E-state index < -0.39 is 11.9 Å². The predicted octanol–water partition coefficient (Wildman–Crippen LogP) is 3.37. The van der Waals surface area contributed by atoms with Gasteiger partial charge < -0.3 is 14.3 Å². The fourth-order valence-corrected chi connectivity index (χ4v) is 2.64. The SMILES string of the molecule is COC(=O)c1cc(CSc2cccc(C(=O)O)c2)oc1C. The van der Waals surface area contributed by atoms with Crippen molar-refractivity contribution in [3.63, 3.8) is 0 Å². The molecular formula is C15H14O5S. The molecule has 0 fully saturated rings. The average molecular weight is 306 g/mol. The van der Waals surface area contributed by atoms with Crippen LogP contribution in [0.25, 0.3) is 0 Å². The van der Waals surface area contributed by atoms with Crippen molar-refractivity contribution in [2.24, 2.45) is 0 Å². The van der Waals surface area contributed by atoms with Crippen LogP contribution in [0.1, 0.15) is 32.2 Å². The number of methoxy groups -OCH3 is 1. The minimum Gasteiger partial charge on any atom is -0.478 e. The van der Waals surface area contributed by atoms with Gasteiger partial charge in [-0.25, -0.2) is 9.59 Å². The van der Waals surface area contributed by atoms with Crippen molar-refractivity contribution in [1.82, 2.24) is 0 Å². The maximum Gasteiger partial charge on any atom is 0.341 e. The van der Waals surface area contributed by atoms with Gasteiger partial charge in [0.05, 0.1) is 18.4 Å². The van der Waals surface area contributed by atoms with Crippen LogP contribution in [0.4, 0.5) is 0 Å². The fraction of sp³-hybridized carbons (Fsp3) is 0.200. The number of aryl methyl sites for hydroxylation is 1. The molecule has 110 valence electrons. The molecule has 0 saturated heterocycles. The summed E-state index contributed by atoms with van der Waals surface area (Å²) < 4.78 is 10.2. The summed E-state index contributed by atoms with van der Waals surface area (Å²) in [4.78, 5) is 23.2. The number of ether oxygens (including phenoxy) is 1. The first kappa shape index (κ1) is 15.2. The Morgan fingerprint density at radius 2 is 2.10 bits per heavy atom. The first-order valence-corrected chi connectivity index (χ1v) is 7.13. The average Bonchev–Trinajstić information content (AvgIpc) is 2.85. The van der Waals surface area contributed by atoms with Gasteiger partial charge in [0.15, 0.2) is 0 Å². The molecule has 0 radical (unpaired) electrons. The molecule has 2 rings (SSSR count). The molecule has 1 aromatic carbocycles. The van der Waals surface area contributed by atoms with Crippen LogP contribution in [0.5, 0.6) is 0 Å². The van der Waals surface area contributed by atoms with Crippen molar-refractivity contribution in [3.05, 3.63) is 53.0 Å². The highest BCUT2D eigenvalue weighted by Crippen LogP contribution is 2.26. The Hall–Kier alpha value is -2.21. The topological polar surface area (TPSA) is 76.7 Å². The molecule has 0 atom stereocenters. The maximum absolute atomic E-state index is 11.5. The third-order valence-electron chi connectivity index (χ3n) is 2.84. The van der Waals surface area contributed by atoms with Crippen molar-refractivity contribution < 1.29 is 23.8 Å². The van der Waals surface area contributed by atoms with Crippen molar-refractivity contribution in [1.29, 1.82) is 0 Å². The van der Waals surface area contributed by atoms with Gasteiger partial charge in [0, 0.05) is 4.90 Å². The predicted molar refractivity (Wildman–Crippen MR) is 77.7 cm³/mol. The van der Waals surface area contributed by atoms with Gasteiger partial charge >= 0.3 is 11.9 Å². The summed E-state index contributed by atoms with van der Waals surface area (Å²) in [5, 5.41) is 8.94. The number of carbonyl (C=O) groups is 2. The molecule has 0 aliphatic carbocycles. The standard InChI is InChI=1S/C15H14O5S/c1-9-13(15(18)19-2)7-11(20-9)8-21-12-5-3-4-10(6-12)14(16)17/h3-7H,8H2,1-2H3,(H,16,17). The molecule has 0 saturated carbocycles. The highest BCUT2D eigenvalue weighted by atomic mass is 32.2. The molecule has 0 amide bonds. The smallest absolute Gasteiger partial charge is 0.341 e. The van der Waals surface area contributed by atoms with Gasteiger partial charge in [0.1, 0.15) is 17.1 Å². The van der Waals surface area contributed by atoms with E-state index in [1.165, 1.54) is 18.9 Å². The Morgan fingerprint density at radius 3 is 2.76 bits per heavy atom. The molecule has 1 heterocycles. The van der Waals surface area contributed by atoms with Crippen LogP contribution in [0.3, 0.4) is 0 Å². The number of carbonyl (C=O) groups excluding carboxylic acids is 1. The third kappa shape index (κ3) is 3.66. The first-order chi connectivity index (χ1) is 10.0. The number of thioether (sulfide) groups is 1. The lowest BCUT2D eigenvalue weighted by Crippen LogP contribution is -2.00. The summed E-state index contributed by atoms with van der Waals surface area (Å²) in [5.74, 6) is 0.260. The maximum atomic E-state index is 11.5. The molecule has 21 heavy (non-hydrogen) atoms. The summed E-state index contributed by atoms with van der Waals surface area (Å²) >= 11 is 1.44. The molecule has 2 aromatic rings. The van der Waals surface area contributed by atoms with E-state index in [0.29, 0.717) is 22.8 Å². The second kappa shape index (κ2) is 6.49. The normalized spacial score (nSPS) is 10.4. The van der Waals surface area contributed by atoms with Gasteiger partial charge in [-0.1, -0.05) is 6.07 Å². The number of hydrogen-bond donors (Lipinski definition) is 1. The highest BCUT2D eigenvalue weighted by molar-refractivity contribution is 7.98. The van der Waals surface area contributed by atoms with Crippen LogP contribution in [-0.4, -0.2) is 24.2 Å². The largest absolute Gasteiger partial charge is 0.478 e. The summed E-state index contributed by atoms with van der Waals surface area (Å²) in [6, 6.07) is 8.31. The molecule has 6 heteroatoms. The zero-order valence-electron chi connectivity index (χ0n) is 11.6. The molecule has 1 aromatic heterocycles. The van der Waals surface area contributed by atoms with Crippen molar-refractivity contribution in [2.45, 2.75) is 17.6 Å². The van der Waals surface area contributed by atoms with Crippen molar-refractivity contribution >= 4 is 23.7 Å². The van der Waals surface area contributed by atoms with Gasteiger partial charge in [-0.15, -0.1) is 11.8 Å². The number of furan rings is 1. The van der Waals surface area contributed by atoms with E-state index in [-0.39, 0.29) is 5.56 Å². The lowest BCUT2D eigenvalue weighted by molar-refractivity contribution is 0.0598. The number of aromatic carboxylic acids is 1. The second-order valence-corrected chi connectivity index (χ2v) is 5.34. The molecule has 0 bridgehead atoms. The number of hydrogen-bond acceptors (Lipinski definition) is 5. The van der Waals surface area contributed by atoms with Crippen LogP contribution in [0.15, 0.2) is 39.6 Å². The van der Waals surface area contributed by atoms with E-state index in [0.717, 1.165) is 4.90 Å². The molecular weight excluding hydrogens is 292 g/mol. The molecule has 0 aliphatic heterocycles. The van der Waals surface area contributed by atoms with E-state index in [4.69, 9.17) is 9.52 Å². The summed E-state index contributed by atoms with van der Waals surface area (Å²) in [6.45, 7) is 1.70. The fourth-order valence-electron chi connectivity index (χ4n) is 1.80. The molecule has 0 spiro atoms. The molecule has 5 nitrogen and oxygen atoms in total. The second-order valence-electron chi connectivity index (χ2n) is 4.30. The van der Waals surface area contributed by atoms with E-state index in [1.54, 1.807) is 31.2 Å². The number of rotatable bonds is 5. The van der Waals surface area contributed by atoms with Gasteiger partial charge in [-0.05, 0) is 31.2 Å². The van der Waals surface area contributed by atoms with Crippen LogP contribution < -0.4 is 0 Å². The van der Waals surface area contributed by atoms with Gasteiger partial charge in [0.25, 0.3) is 0 Å². The highest BCUT2D eigenvalue weighted by Gasteiger charge is 2.15. The Kier molecular flexibility index (Phi) is 4.70. The first-order valence-electron chi connectivity index (χ1n) is 6.15. The van der Waals surface area contributed by atoms with Gasteiger partial charge in [0.2, 0.25) is 0 Å². The minimum atomic E-state index is -0.959. The van der Waals surface area contributed by atoms with Crippen LogP contribution >= 0.6 is 11.8 Å². The monoisotopic (exact) mass is 306 g/mol. The van der Waals surface area contributed by atoms with Crippen molar-refractivity contribution in [2.75, 3.05) is 7.11 Å². The molecule has 1 N–H and O–H groups in total. The van der Waals surface area contributed by atoms with Crippen LogP contribution in [0.2, 0.25) is 0 Å². The Bertz CT molecular complexity index is 674. The summed E-state index contributed by atoms with van der Waals surface area (Å²) in [5.41, 5.74) is 0.651. The lowest BCUT2D eigenvalue weighted by Gasteiger charge is -2.01.